The van der Waals surface area contributed by atoms with Crippen LogP contribution in [0.5, 0.6) is 0 Å². The van der Waals surface area contributed by atoms with Crippen molar-refractivity contribution in [3.05, 3.63) is 29.1 Å². The van der Waals surface area contributed by atoms with Crippen molar-refractivity contribution in [3.8, 4) is 0 Å². The van der Waals surface area contributed by atoms with Crippen LogP contribution in [0, 0.1) is 20.8 Å². The third-order valence-corrected chi connectivity index (χ3v) is 5.03. The van der Waals surface area contributed by atoms with Crippen LogP contribution < -0.4 is 15.5 Å². The van der Waals surface area contributed by atoms with Gasteiger partial charge in [-0.15, -0.1) is 0 Å². The maximum absolute atomic E-state index is 12.2. The van der Waals surface area contributed by atoms with E-state index in [0.29, 0.717) is 23.6 Å². The Balaban J connectivity index is 1.54. The average Bonchev–Trinajstić information content (AvgIpc) is 3.06. The average molecular weight is 372 g/mol. The van der Waals surface area contributed by atoms with Crippen LogP contribution in [-0.2, 0) is 0 Å². The van der Waals surface area contributed by atoms with Gasteiger partial charge in [0.15, 0.2) is 11.6 Å². The zero-order valence-corrected chi connectivity index (χ0v) is 16.7. The van der Waals surface area contributed by atoms with E-state index < -0.39 is 0 Å². The van der Waals surface area contributed by atoms with Gasteiger partial charge in [0.2, 0.25) is 5.95 Å². The lowest BCUT2D eigenvalue weighted by molar-refractivity contribution is 0.0921. The first-order valence-corrected chi connectivity index (χ1v) is 9.35. The molecular weight excluding hydrogens is 344 g/mol. The summed E-state index contributed by atoms with van der Waals surface area (Å²) < 4.78 is 5.10. The molecule has 1 aliphatic carbocycles. The molecule has 1 amide bonds. The minimum atomic E-state index is -0.170. The first-order chi connectivity index (χ1) is 12.8. The van der Waals surface area contributed by atoms with Crippen LogP contribution in [0.25, 0.3) is 0 Å². The Kier molecular flexibility index (Phi) is 5.62. The molecule has 2 aromatic heterocycles. The number of hydrogen-bond donors (Lipinski definition) is 2. The number of hydrogen-bond acceptors (Lipinski definition) is 7. The van der Waals surface area contributed by atoms with Crippen molar-refractivity contribution in [1.82, 2.24) is 20.3 Å². The molecule has 0 saturated heterocycles. The van der Waals surface area contributed by atoms with Gasteiger partial charge in [-0.2, -0.15) is 4.98 Å². The molecule has 0 aromatic carbocycles. The molecule has 1 saturated carbocycles. The van der Waals surface area contributed by atoms with E-state index in [4.69, 9.17) is 4.42 Å². The Labute approximate surface area is 159 Å². The van der Waals surface area contributed by atoms with E-state index in [2.05, 4.69) is 25.6 Å². The SMILES string of the molecule is Cc1nc(C(=O)NC2CCC(Nc3nc(C)c(C)c(N(C)C)n3)CC2)co1. The van der Waals surface area contributed by atoms with Crippen molar-refractivity contribution in [1.29, 1.82) is 0 Å². The molecule has 8 heteroatoms. The molecule has 8 nitrogen and oxygen atoms in total. The van der Waals surface area contributed by atoms with E-state index in [9.17, 15) is 4.79 Å². The van der Waals surface area contributed by atoms with Gasteiger partial charge in [-0.1, -0.05) is 0 Å². The van der Waals surface area contributed by atoms with Gasteiger partial charge in [0.05, 0.1) is 0 Å². The lowest BCUT2D eigenvalue weighted by Crippen LogP contribution is -2.40. The minimum Gasteiger partial charge on any atom is -0.448 e. The molecule has 3 rings (SSSR count). The first-order valence-electron chi connectivity index (χ1n) is 9.35. The molecule has 0 bridgehead atoms. The number of oxazole rings is 1. The van der Waals surface area contributed by atoms with Gasteiger partial charge in [-0.3, -0.25) is 4.79 Å². The van der Waals surface area contributed by atoms with Crippen LogP contribution >= 0.6 is 0 Å². The summed E-state index contributed by atoms with van der Waals surface area (Å²) in [6, 6.07) is 0.468. The van der Waals surface area contributed by atoms with E-state index in [-0.39, 0.29) is 11.9 Å². The second kappa shape index (κ2) is 7.94. The number of nitrogens with zero attached hydrogens (tertiary/aromatic N) is 4. The molecule has 146 valence electrons. The summed E-state index contributed by atoms with van der Waals surface area (Å²) in [6.45, 7) is 5.77. The Morgan fingerprint density at radius 2 is 1.74 bits per heavy atom. The van der Waals surface area contributed by atoms with E-state index in [1.807, 2.05) is 32.8 Å². The highest BCUT2D eigenvalue weighted by atomic mass is 16.3. The second-order valence-electron chi connectivity index (χ2n) is 7.39. The van der Waals surface area contributed by atoms with Crippen molar-refractivity contribution in [2.75, 3.05) is 24.3 Å². The maximum Gasteiger partial charge on any atom is 0.273 e. The van der Waals surface area contributed by atoms with Crippen LogP contribution in [0.1, 0.15) is 53.3 Å². The van der Waals surface area contributed by atoms with Crippen LogP contribution in [0.2, 0.25) is 0 Å². The number of nitrogens with one attached hydrogen (secondary N) is 2. The topological polar surface area (TPSA) is 96.2 Å². The van der Waals surface area contributed by atoms with Crippen LogP contribution in [0.15, 0.2) is 10.7 Å². The van der Waals surface area contributed by atoms with Crippen molar-refractivity contribution >= 4 is 17.7 Å². The molecule has 2 N–H and O–H groups in total. The molecule has 0 atom stereocenters. The van der Waals surface area contributed by atoms with Crippen molar-refractivity contribution in [3.63, 3.8) is 0 Å². The van der Waals surface area contributed by atoms with E-state index >= 15 is 0 Å². The first kappa shape index (κ1) is 19.1. The Morgan fingerprint density at radius 3 is 2.33 bits per heavy atom. The van der Waals surface area contributed by atoms with Crippen molar-refractivity contribution in [2.45, 2.75) is 58.5 Å². The zero-order valence-electron chi connectivity index (χ0n) is 16.7. The highest BCUT2D eigenvalue weighted by Gasteiger charge is 2.24. The number of amides is 1. The fraction of sp³-hybridized carbons (Fsp3) is 0.579. The minimum absolute atomic E-state index is 0.158. The van der Waals surface area contributed by atoms with Gasteiger partial charge in [0.25, 0.3) is 5.91 Å². The van der Waals surface area contributed by atoms with Crippen molar-refractivity contribution < 1.29 is 9.21 Å². The third kappa shape index (κ3) is 4.56. The molecule has 0 unspecified atom stereocenters. The van der Waals surface area contributed by atoms with Crippen molar-refractivity contribution in [2.24, 2.45) is 0 Å². The monoisotopic (exact) mass is 372 g/mol. The highest BCUT2D eigenvalue weighted by Crippen LogP contribution is 2.24. The normalized spacial score (nSPS) is 19.6. The van der Waals surface area contributed by atoms with Gasteiger partial charge >= 0.3 is 0 Å². The van der Waals surface area contributed by atoms with Gasteiger partial charge in [0.1, 0.15) is 12.1 Å². The maximum atomic E-state index is 12.2. The number of anilines is 2. The molecular formula is C19H28N6O2. The summed E-state index contributed by atoms with van der Waals surface area (Å²) >= 11 is 0. The molecule has 0 spiro atoms. The van der Waals surface area contributed by atoms with Gasteiger partial charge in [-0.05, 0) is 39.5 Å². The summed E-state index contributed by atoms with van der Waals surface area (Å²) in [5.41, 5.74) is 2.42. The third-order valence-electron chi connectivity index (χ3n) is 5.03. The van der Waals surface area contributed by atoms with Crippen LogP contribution in [0.3, 0.4) is 0 Å². The fourth-order valence-corrected chi connectivity index (χ4v) is 3.41. The van der Waals surface area contributed by atoms with Gasteiger partial charge < -0.3 is 20.0 Å². The van der Waals surface area contributed by atoms with Crippen LogP contribution in [-0.4, -0.2) is 47.0 Å². The van der Waals surface area contributed by atoms with E-state index in [0.717, 1.165) is 42.8 Å². The number of carbonyl (C=O) groups excluding carboxylic acids is 1. The Morgan fingerprint density at radius 1 is 1.07 bits per heavy atom. The number of aromatic nitrogens is 3. The highest BCUT2D eigenvalue weighted by molar-refractivity contribution is 5.92. The number of rotatable bonds is 5. The van der Waals surface area contributed by atoms with Gasteiger partial charge in [0, 0.05) is 44.4 Å². The summed E-state index contributed by atoms with van der Waals surface area (Å²) in [5, 5.41) is 6.51. The summed E-state index contributed by atoms with van der Waals surface area (Å²) in [7, 11) is 3.98. The van der Waals surface area contributed by atoms with E-state index in [1.54, 1.807) is 6.92 Å². The molecule has 0 aliphatic heterocycles. The smallest absolute Gasteiger partial charge is 0.273 e. The van der Waals surface area contributed by atoms with Gasteiger partial charge in [-0.25, -0.2) is 9.97 Å². The largest absolute Gasteiger partial charge is 0.448 e. The number of aryl methyl sites for hydroxylation is 2. The summed E-state index contributed by atoms with van der Waals surface area (Å²) in [5.74, 6) is 1.94. The molecule has 27 heavy (non-hydrogen) atoms. The second-order valence-corrected chi connectivity index (χ2v) is 7.39. The summed E-state index contributed by atoms with van der Waals surface area (Å²) in [4.78, 5) is 27.5. The molecule has 2 heterocycles. The standard InChI is InChI=1S/C19H28N6O2/c1-11-12(2)20-19(24-17(11)25(4)5)23-15-8-6-14(7-9-15)22-18(26)16-10-27-13(3)21-16/h10,14-15H,6-9H2,1-5H3,(H,22,26)(H,20,23,24). The molecule has 2 aromatic rings. The summed E-state index contributed by atoms with van der Waals surface area (Å²) in [6.07, 6.45) is 5.13. The quantitative estimate of drug-likeness (QED) is 0.833. The lowest BCUT2D eigenvalue weighted by Gasteiger charge is -2.30. The zero-order chi connectivity index (χ0) is 19.6. The predicted molar refractivity (Wildman–Crippen MR) is 104 cm³/mol. The Hall–Kier alpha value is -2.64. The number of carbonyl (C=O) groups is 1. The predicted octanol–water partition coefficient (Wildman–Crippen LogP) is 2.61. The lowest BCUT2D eigenvalue weighted by atomic mass is 9.91. The molecule has 0 radical (unpaired) electrons. The van der Waals surface area contributed by atoms with E-state index in [1.165, 1.54) is 6.26 Å². The molecule has 1 aliphatic rings. The molecule has 1 fully saturated rings. The Bertz CT molecular complexity index is 809. The fourth-order valence-electron chi connectivity index (χ4n) is 3.41. The van der Waals surface area contributed by atoms with Crippen LogP contribution in [0.4, 0.5) is 11.8 Å².